The monoisotopic (exact) mass is 413 g/mol. The molecule has 0 unspecified atom stereocenters. The second kappa shape index (κ2) is 8.53. The molecule has 0 radical (unpaired) electrons. The number of imidazole rings is 1. The standard InChI is InChI=1S/C21H27N5O4/c1-24-9-8-22-20(24)19(27)16-4-5-17(18(14-16)26(28)29)23-15-21(6-2-3-7-21)25-10-12-30-13-11-25/h4-5,8-9,14,23H,2-3,6-7,10-13,15H2,1H3. The molecule has 0 bridgehead atoms. The van der Waals surface area contributed by atoms with Gasteiger partial charge in [0.05, 0.1) is 18.1 Å². The van der Waals surface area contributed by atoms with Gasteiger partial charge in [-0.3, -0.25) is 19.8 Å². The first kappa shape index (κ1) is 20.5. The van der Waals surface area contributed by atoms with Gasteiger partial charge < -0.3 is 14.6 Å². The molecule has 1 aliphatic heterocycles. The number of morpholine rings is 1. The third-order valence-corrected chi connectivity index (χ3v) is 6.30. The van der Waals surface area contributed by atoms with Gasteiger partial charge in [-0.1, -0.05) is 12.8 Å². The molecule has 4 rings (SSSR count). The number of carbonyl (C=O) groups is 1. The highest BCUT2D eigenvalue weighted by Gasteiger charge is 2.40. The van der Waals surface area contributed by atoms with E-state index in [2.05, 4.69) is 15.2 Å². The Hall–Kier alpha value is -2.78. The number of nitrogens with zero attached hydrogens (tertiary/aromatic N) is 4. The molecule has 0 spiro atoms. The van der Waals surface area contributed by atoms with E-state index in [0.29, 0.717) is 12.2 Å². The van der Waals surface area contributed by atoms with Crippen LogP contribution in [0.15, 0.2) is 30.6 Å². The second-order valence-electron chi connectivity index (χ2n) is 8.06. The maximum absolute atomic E-state index is 12.7. The summed E-state index contributed by atoms with van der Waals surface area (Å²) in [4.78, 5) is 30.5. The lowest BCUT2D eigenvalue weighted by atomic mass is 9.94. The first-order valence-electron chi connectivity index (χ1n) is 10.4. The molecule has 2 aromatic rings. The van der Waals surface area contributed by atoms with E-state index in [1.54, 1.807) is 29.9 Å². The summed E-state index contributed by atoms with van der Waals surface area (Å²) in [5.41, 5.74) is 0.602. The average molecular weight is 413 g/mol. The van der Waals surface area contributed by atoms with Gasteiger partial charge in [0, 0.05) is 56.2 Å². The Morgan fingerprint density at radius 2 is 2.03 bits per heavy atom. The van der Waals surface area contributed by atoms with Crippen LogP contribution in [-0.2, 0) is 11.8 Å². The quantitative estimate of drug-likeness (QED) is 0.423. The normalized spacial score (nSPS) is 19.0. The van der Waals surface area contributed by atoms with Gasteiger partial charge in [-0.25, -0.2) is 4.98 Å². The highest BCUT2D eigenvalue weighted by molar-refractivity contribution is 6.07. The Labute approximate surface area is 175 Å². The first-order valence-corrected chi connectivity index (χ1v) is 10.4. The Balaban J connectivity index is 1.55. The number of rotatable bonds is 7. The average Bonchev–Trinajstić information content (AvgIpc) is 3.42. The molecule has 1 saturated heterocycles. The van der Waals surface area contributed by atoms with Crippen molar-refractivity contribution in [3.63, 3.8) is 0 Å². The Morgan fingerprint density at radius 3 is 2.67 bits per heavy atom. The van der Waals surface area contributed by atoms with Crippen LogP contribution in [0.2, 0.25) is 0 Å². The molecule has 1 aromatic carbocycles. The number of benzene rings is 1. The minimum Gasteiger partial charge on any atom is -0.379 e. The third-order valence-electron chi connectivity index (χ3n) is 6.30. The molecular weight excluding hydrogens is 386 g/mol. The van der Waals surface area contributed by atoms with Crippen LogP contribution in [0.1, 0.15) is 41.9 Å². The van der Waals surface area contributed by atoms with E-state index in [1.807, 2.05) is 0 Å². The number of carbonyl (C=O) groups excluding carboxylic acids is 1. The lowest BCUT2D eigenvalue weighted by Crippen LogP contribution is -2.55. The van der Waals surface area contributed by atoms with Gasteiger partial charge in [0.25, 0.3) is 5.69 Å². The number of nitrogens with one attached hydrogen (secondary N) is 1. The zero-order chi connectivity index (χ0) is 21.1. The number of hydrogen-bond acceptors (Lipinski definition) is 7. The summed E-state index contributed by atoms with van der Waals surface area (Å²) in [5, 5.41) is 15.1. The van der Waals surface area contributed by atoms with Crippen LogP contribution >= 0.6 is 0 Å². The van der Waals surface area contributed by atoms with Crippen molar-refractivity contribution >= 4 is 17.2 Å². The van der Waals surface area contributed by atoms with E-state index < -0.39 is 4.92 Å². The van der Waals surface area contributed by atoms with Gasteiger partial charge in [0.1, 0.15) is 5.69 Å². The predicted octanol–water partition coefficient (Wildman–Crippen LogP) is 2.62. The summed E-state index contributed by atoms with van der Waals surface area (Å²) in [7, 11) is 1.72. The Bertz CT molecular complexity index is 929. The Kier molecular flexibility index (Phi) is 5.83. The maximum atomic E-state index is 12.7. The van der Waals surface area contributed by atoms with Crippen molar-refractivity contribution in [2.45, 2.75) is 31.2 Å². The number of ether oxygens (including phenoxy) is 1. The van der Waals surface area contributed by atoms with Crippen LogP contribution in [0.4, 0.5) is 11.4 Å². The van der Waals surface area contributed by atoms with Crippen molar-refractivity contribution in [2.24, 2.45) is 7.05 Å². The van der Waals surface area contributed by atoms with E-state index in [1.165, 1.54) is 12.3 Å². The fourth-order valence-corrected chi connectivity index (χ4v) is 4.62. The molecule has 2 fully saturated rings. The number of anilines is 1. The smallest absolute Gasteiger partial charge is 0.293 e. The lowest BCUT2D eigenvalue weighted by Gasteiger charge is -2.43. The molecule has 1 aliphatic carbocycles. The van der Waals surface area contributed by atoms with Crippen LogP contribution in [0, 0.1) is 10.1 Å². The summed E-state index contributed by atoms with van der Waals surface area (Å²) in [6.07, 6.45) is 7.68. The van der Waals surface area contributed by atoms with Gasteiger partial charge >= 0.3 is 0 Å². The van der Waals surface area contributed by atoms with E-state index in [-0.39, 0.29) is 28.4 Å². The van der Waals surface area contributed by atoms with Gasteiger partial charge in [0.2, 0.25) is 5.78 Å². The highest BCUT2D eigenvalue weighted by Crippen LogP contribution is 2.37. The molecule has 1 N–H and O–H groups in total. The molecular formula is C21H27N5O4. The molecule has 1 aromatic heterocycles. The maximum Gasteiger partial charge on any atom is 0.293 e. The van der Waals surface area contributed by atoms with Gasteiger partial charge in [-0.15, -0.1) is 0 Å². The number of nitro groups is 1. The predicted molar refractivity (Wildman–Crippen MR) is 112 cm³/mol. The topological polar surface area (TPSA) is 103 Å². The molecule has 30 heavy (non-hydrogen) atoms. The fourth-order valence-electron chi connectivity index (χ4n) is 4.62. The number of nitro benzene ring substituents is 1. The molecule has 2 aliphatic rings. The minimum absolute atomic E-state index is 0.000893. The number of hydrogen-bond donors (Lipinski definition) is 1. The van der Waals surface area contributed by atoms with Crippen molar-refractivity contribution in [3.05, 3.63) is 52.1 Å². The Morgan fingerprint density at radius 1 is 1.30 bits per heavy atom. The number of aryl methyl sites for hydroxylation is 1. The summed E-state index contributed by atoms with van der Waals surface area (Å²) in [6, 6.07) is 4.61. The fraction of sp³-hybridized carbons (Fsp3) is 0.524. The van der Waals surface area contributed by atoms with Gasteiger partial charge in [-0.05, 0) is 25.0 Å². The van der Waals surface area contributed by atoms with Gasteiger partial charge in [-0.2, -0.15) is 0 Å². The molecule has 9 heteroatoms. The van der Waals surface area contributed by atoms with Crippen molar-refractivity contribution in [3.8, 4) is 0 Å². The minimum atomic E-state index is -0.437. The summed E-state index contributed by atoms with van der Waals surface area (Å²) in [6.45, 7) is 3.88. The van der Waals surface area contributed by atoms with E-state index in [9.17, 15) is 14.9 Å². The van der Waals surface area contributed by atoms with Crippen LogP contribution < -0.4 is 5.32 Å². The third kappa shape index (κ3) is 3.95. The van der Waals surface area contributed by atoms with Crippen molar-refractivity contribution < 1.29 is 14.5 Å². The van der Waals surface area contributed by atoms with E-state index >= 15 is 0 Å². The molecule has 2 heterocycles. The van der Waals surface area contributed by atoms with Crippen LogP contribution in [0.25, 0.3) is 0 Å². The zero-order valence-corrected chi connectivity index (χ0v) is 17.2. The molecule has 0 amide bonds. The van der Waals surface area contributed by atoms with Gasteiger partial charge in [0.15, 0.2) is 5.82 Å². The summed E-state index contributed by atoms with van der Waals surface area (Å²) < 4.78 is 7.11. The van der Waals surface area contributed by atoms with Crippen LogP contribution in [0.3, 0.4) is 0 Å². The van der Waals surface area contributed by atoms with Crippen molar-refractivity contribution in [1.29, 1.82) is 0 Å². The number of aromatic nitrogens is 2. The first-order chi connectivity index (χ1) is 14.5. The summed E-state index contributed by atoms with van der Waals surface area (Å²) >= 11 is 0. The van der Waals surface area contributed by atoms with Crippen molar-refractivity contribution in [2.75, 3.05) is 38.2 Å². The molecule has 160 valence electrons. The largest absolute Gasteiger partial charge is 0.379 e. The number of ketones is 1. The molecule has 9 nitrogen and oxygen atoms in total. The zero-order valence-electron chi connectivity index (χ0n) is 17.2. The van der Waals surface area contributed by atoms with E-state index in [4.69, 9.17) is 4.74 Å². The SMILES string of the molecule is Cn1ccnc1C(=O)c1ccc(NCC2(N3CCOCC3)CCCC2)c([N+](=O)[O-])c1. The van der Waals surface area contributed by atoms with Crippen LogP contribution in [0.5, 0.6) is 0 Å². The lowest BCUT2D eigenvalue weighted by molar-refractivity contribution is -0.384. The molecule has 0 atom stereocenters. The van der Waals surface area contributed by atoms with Crippen LogP contribution in [-0.4, -0.2) is 63.5 Å². The van der Waals surface area contributed by atoms with E-state index in [0.717, 1.165) is 52.0 Å². The summed E-state index contributed by atoms with van der Waals surface area (Å²) in [5.74, 6) is -0.0834. The molecule has 1 saturated carbocycles. The highest BCUT2D eigenvalue weighted by atomic mass is 16.6. The van der Waals surface area contributed by atoms with Crippen molar-refractivity contribution in [1.82, 2.24) is 14.5 Å². The second-order valence-corrected chi connectivity index (χ2v) is 8.06.